The van der Waals surface area contributed by atoms with Gasteiger partial charge in [-0.3, -0.25) is 14.7 Å². The molecule has 2 amide bonds. The van der Waals surface area contributed by atoms with E-state index in [-0.39, 0.29) is 6.03 Å². The van der Waals surface area contributed by atoms with Crippen LogP contribution in [-0.4, -0.2) is 43.6 Å². The van der Waals surface area contributed by atoms with E-state index in [1.54, 1.807) is 4.68 Å². The standard InChI is InChI=1S/C21H26N6O/c1-16-19(18-7-4-3-5-8-18)20(25(2)24-16)23-21(28)26-13-9-17(10-14-26)15-27-12-6-11-22-27/h3-8,11-12,17H,9-10,13-15H2,1-2H3,(H,23,28). The van der Waals surface area contributed by atoms with Crippen molar-refractivity contribution in [3.8, 4) is 11.1 Å². The van der Waals surface area contributed by atoms with Crippen LogP contribution in [0.2, 0.25) is 0 Å². The summed E-state index contributed by atoms with van der Waals surface area (Å²) in [5.74, 6) is 1.30. The maximum Gasteiger partial charge on any atom is 0.323 e. The minimum absolute atomic E-state index is 0.0577. The van der Waals surface area contributed by atoms with Gasteiger partial charge in [-0.15, -0.1) is 0 Å². The normalized spacial score (nSPS) is 15.0. The molecule has 28 heavy (non-hydrogen) atoms. The number of hydrogen-bond acceptors (Lipinski definition) is 3. The van der Waals surface area contributed by atoms with Gasteiger partial charge in [0, 0.05) is 44.6 Å². The Labute approximate surface area is 165 Å². The quantitative estimate of drug-likeness (QED) is 0.755. The van der Waals surface area contributed by atoms with Crippen LogP contribution >= 0.6 is 0 Å². The number of likely N-dealkylation sites (tertiary alicyclic amines) is 1. The summed E-state index contributed by atoms with van der Waals surface area (Å²) < 4.78 is 3.73. The highest BCUT2D eigenvalue weighted by molar-refractivity contribution is 5.93. The van der Waals surface area contributed by atoms with Gasteiger partial charge in [-0.2, -0.15) is 10.2 Å². The Morgan fingerprint density at radius 1 is 1.18 bits per heavy atom. The lowest BCUT2D eigenvalue weighted by molar-refractivity contribution is 0.175. The van der Waals surface area contributed by atoms with E-state index in [2.05, 4.69) is 15.5 Å². The van der Waals surface area contributed by atoms with Crippen molar-refractivity contribution in [3.63, 3.8) is 0 Å². The second-order valence-electron chi connectivity index (χ2n) is 7.39. The molecule has 0 atom stereocenters. The van der Waals surface area contributed by atoms with Crippen molar-refractivity contribution in [1.29, 1.82) is 0 Å². The maximum absolute atomic E-state index is 12.9. The molecule has 1 aliphatic heterocycles. The van der Waals surface area contributed by atoms with E-state index >= 15 is 0 Å². The molecule has 2 aromatic heterocycles. The third-order valence-electron chi connectivity index (χ3n) is 5.42. The van der Waals surface area contributed by atoms with Gasteiger partial charge in [0.25, 0.3) is 0 Å². The molecular weight excluding hydrogens is 352 g/mol. The third-order valence-corrected chi connectivity index (χ3v) is 5.42. The molecular formula is C21H26N6O. The first-order valence-electron chi connectivity index (χ1n) is 9.74. The number of nitrogens with one attached hydrogen (secondary N) is 1. The number of hydrogen-bond donors (Lipinski definition) is 1. The number of aromatic nitrogens is 4. The van der Waals surface area contributed by atoms with Gasteiger partial charge in [0.1, 0.15) is 5.82 Å². The zero-order valence-electron chi connectivity index (χ0n) is 16.4. The molecule has 7 nitrogen and oxygen atoms in total. The zero-order chi connectivity index (χ0) is 19.5. The fourth-order valence-electron chi connectivity index (χ4n) is 3.92. The molecule has 1 aliphatic rings. The summed E-state index contributed by atoms with van der Waals surface area (Å²) in [5.41, 5.74) is 2.94. The van der Waals surface area contributed by atoms with Crippen LogP contribution in [0.4, 0.5) is 10.6 Å². The third kappa shape index (κ3) is 3.78. The lowest BCUT2D eigenvalue weighted by Gasteiger charge is -2.32. The second-order valence-corrected chi connectivity index (χ2v) is 7.39. The summed E-state index contributed by atoms with van der Waals surface area (Å²) >= 11 is 0. The fourth-order valence-corrected chi connectivity index (χ4v) is 3.92. The van der Waals surface area contributed by atoms with Gasteiger partial charge in [0.2, 0.25) is 0 Å². The number of rotatable bonds is 4. The number of urea groups is 1. The number of anilines is 1. The van der Waals surface area contributed by atoms with Crippen molar-refractivity contribution in [2.24, 2.45) is 13.0 Å². The molecule has 0 spiro atoms. The van der Waals surface area contributed by atoms with Gasteiger partial charge in [0.05, 0.1) is 5.69 Å². The Morgan fingerprint density at radius 3 is 2.61 bits per heavy atom. The molecule has 4 rings (SSSR count). The van der Waals surface area contributed by atoms with E-state index in [9.17, 15) is 4.79 Å². The first-order valence-corrected chi connectivity index (χ1v) is 9.74. The van der Waals surface area contributed by atoms with Crippen LogP contribution in [0.1, 0.15) is 18.5 Å². The minimum Gasteiger partial charge on any atom is -0.324 e. The van der Waals surface area contributed by atoms with Gasteiger partial charge < -0.3 is 4.90 Å². The van der Waals surface area contributed by atoms with E-state index in [1.165, 1.54) is 0 Å². The van der Waals surface area contributed by atoms with E-state index < -0.39 is 0 Å². The number of amides is 2. The smallest absolute Gasteiger partial charge is 0.323 e. The van der Waals surface area contributed by atoms with Crippen molar-refractivity contribution >= 4 is 11.8 Å². The summed E-state index contributed by atoms with van der Waals surface area (Å²) in [6.45, 7) is 4.41. The summed E-state index contributed by atoms with van der Waals surface area (Å²) in [6.07, 6.45) is 5.78. The Bertz CT molecular complexity index is 923. The zero-order valence-corrected chi connectivity index (χ0v) is 16.4. The van der Waals surface area contributed by atoms with Crippen LogP contribution in [0.3, 0.4) is 0 Å². The molecule has 0 aliphatic carbocycles. The Kier molecular flexibility index (Phi) is 5.14. The van der Waals surface area contributed by atoms with Crippen molar-refractivity contribution in [2.75, 3.05) is 18.4 Å². The average Bonchev–Trinajstić information content (AvgIpc) is 3.31. The number of piperidine rings is 1. The second kappa shape index (κ2) is 7.88. The maximum atomic E-state index is 12.9. The van der Waals surface area contributed by atoms with Crippen LogP contribution in [0, 0.1) is 12.8 Å². The van der Waals surface area contributed by atoms with Gasteiger partial charge in [-0.1, -0.05) is 30.3 Å². The van der Waals surface area contributed by atoms with Crippen LogP contribution in [0.15, 0.2) is 48.8 Å². The number of nitrogens with zero attached hydrogens (tertiary/aromatic N) is 5. The van der Waals surface area contributed by atoms with Crippen LogP contribution in [-0.2, 0) is 13.6 Å². The number of carbonyl (C=O) groups is 1. The molecule has 0 unspecified atom stereocenters. The predicted molar refractivity (Wildman–Crippen MR) is 109 cm³/mol. The lowest BCUT2D eigenvalue weighted by Crippen LogP contribution is -2.42. The van der Waals surface area contributed by atoms with Crippen molar-refractivity contribution in [3.05, 3.63) is 54.5 Å². The molecule has 7 heteroatoms. The van der Waals surface area contributed by atoms with E-state index in [0.717, 1.165) is 55.1 Å². The highest BCUT2D eigenvalue weighted by atomic mass is 16.2. The van der Waals surface area contributed by atoms with Crippen LogP contribution in [0.5, 0.6) is 0 Å². The van der Waals surface area contributed by atoms with Gasteiger partial charge in [-0.25, -0.2) is 4.79 Å². The molecule has 0 radical (unpaired) electrons. The number of aryl methyl sites for hydroxylation is 2. The number of carbonyl (C=O) groups excluding carboxylic acids is 1. The highest BCUT2D eigenvalue weighted by Gasteiger charge is 2.25. The molecule has 1 fully saturated rings. The van der Waals surface area contributed by atoms with Crippen molar-refractivity contribution in [1.82, 2.24) is 24.5 Å². The van der Waals surface area contributed by atoms with E-state index in [0.29, 0.717) is 5.92 Å². The highest BCUT2D eigenvalue weighted by Crippen LogP contribution is 2.31. The van der Waals surface area contributed by atoms with Crippen LogP contribution in [0.25, 0.3) is 11.1 Å². The van der Waals surface area contributed by atoms with Crippen LogP contribution < -0.4 is 5.32 Å². The summed E-state index contributed by atoms with van der Waals surface area (Å²) in [5, 5.41) is 11.9. The molecule has 0 bridgehead atoms. The lowest BCUT2D eigenvalue weighted by atomic mass is 9.97. The first-order chi connectivity index (χ1) is 13.6. The minimum atomic E-state index is -0.0577. The predicted octanol–water partition coefficient (Wildman–Crippen LogP) is 3.54. The van der Waals surface area contributed by atoms with Gasteiger partial charge >= 0.3 is 6.03 Å². The summed E-state index contributed by atoms with van der Waals surface area (Å²) in [7, 11) is 1.87. The summed E-state index contributed by atoms with van der Waals surface area (Å²) in [4.78, 5) is 14.8. The molecule has 0 saturated carbocycles. The Morgan fingerprint density at radius 2 is 1.93 bits per heavy atom. The summed E-state index contributed by atoms with van der Waals surface area (Å²) in [6, 6.07) is 12.0. The largest absolute Gasteiger partial charge is 0.324 e. The van der Waals surface area contributed by atoms with E-state index in [4.69, 9.17) is 0 Å². The molecule has 1 aromatic carbocycles. The van der Waals surface area contributed by atoms with Crippen molar-refractivity contribution in [2.45, 2.75) is 26.3 Å². The molecule has 3 heterocycles. The monoisotopic (exact) mass is 378 g/mol. The fraction of sp³-hybridized carbons (Fsp3) is 0.381. The SMILES string of the molecule is Cc1nn(C)c(NC(=O)N2CCC(Cn3cccn3)CC2)c1-c1ccccc1. The first kappa shape index (κ1) is 18.3. The molecule has 1 N–H and O–H groups in total. The topological polar surface area (TPSA) is 68.0 Å². The number of benzene rings is 1. The van der Waals surface area contributed by atoms with Gasteiger partial charge in [-0.05, 0) is 37.3 Å². The molecule has 1 saturated heterocycles. The Hall–Kier alpha value is -3.09. The Balaban J connectivity index is 1.42. The molecule has 146 valence electrons. The van der Waals surface area contributed by atoms with E-state index in [1.807, 2.05) is 72.3 Å². The van der Waals surface area contributed by atoms with Crippen molar-refractivity contribution < 1.29 is 4.79 Å². The van der Waals surface area contributed by atoms with Gasteiger partial charge in [0.15, 0.2) is 0 Å². The molecule has 3 aromatic rings. The average molecular weight is 378 g/mol.